The van der Waals surface area contributed by atoms with E-state index in [0.29, 0.717) is 0 Å². The molecule has 0 saturated heterocycles. The first kappa shape index (κ1) is 16.2. The number of unbranched alkanes of at least 4 members (excludes halogenated alkanes) is 6. The van der Waals surface area contributed by atoms with Gasteiger partial charge < -0.3 is 4.43 Å². The Labute approximate surface area is 104 Å². The first-order valence-electron chi connectivity index (χ1n) is 7.29. The van der Waals surface area contributed by atoms with Crippen molar-refractivity contribution in [3.63, 3.8) is 0 Å². The van der Waals surface area contributed by atoms with Crippen LogP contribution in [0.1, 0.15) is 65.7 Å². The van der Waals surface area contributed by atoms with Crippen LogP contribution in [-0.2, 0) is 4.43 Å². The molecule has 0 saturated carbocycles. The summed E-state index contributed by atoms with van der Waals surface area (Å²) in [4.78, 5) is 0. The fraction of sp³-hybridized carbons (Fsp3) is 1.00. The molecule has 1 nitrogen and oxygen atoms in total. The summed E-state index contributed by atoms with van der Waals surface area (Å²) in [5.74, 6) is 0. The molecule has 0 aromatic carbocycles. The third kappa shape index (κ3) is 6.69. The lowest BCUT2D eigenvalue weighted by Crippen LogP contribution is -2.34. The molecule has 0 amide bonds. The van der Waals surface area contributed by atoms with E-state index >= 15 is 0 Å². The zero-order valence-corrected chi connectivity index (χ0v) is 13.0. The summed E-state index contributed by atoms with van der Waals surface area (Å²) in [5.41, 5.74) is 0. The lowest BCUT2D eigenvalue weighted by Gasteiger charge is -2.27. The Kier molecular flexibility index (Phi) is 10.5. The first-order chi connectivity index (χ1) is 7.74. The maximum atomic E-state index is 5.82. The van der Waals surface area contributed by atoms with Crippen LogP contribution in [0.25, 0.3) is 0 Å². The standard InChI is InChI=1S/C14H32OSi/c1-5-8-9-10-11-12-13-14-16(6-2,7-3)15-4/h5-14H2,1-4H3. The molecule has 2 heteroatoms. The van der Waals surface area contributed by atoms with Crippen molar-refractivity contribution < 1.29 is 4.43 Å². The van der Waals surface area contributed by atoms with Crippen LogP contribution < -0.4 is 0 Å². The zero-order valence-electron chi connectivity index (χ0n) is 12.0. The highest BCUT2D eigenvalue weighted by Gasteiger charge is 2.28. The maximum absolute atomic E-state index is 5.82. The van der Waals surface area contributed by atoms with Crippen molar-refractivity contribution in [3.05, 3.63) is 0 Å². The summed E-state index contributed by atoms with van der Waals surface area (Å²) in [6.45, 7) is 6.89. The zero-order chi connectivity index (χ0) is 12.3. The topological polar surface area (TPSA) is 9.23 Å². The summed E-state index contributed by atoms with van der Waals surface area (Å²) >= 11 is 0. The second-order valence-electron chi connectivity index (χ2n) is 4.97. The Morgan fingerprint density at radius 3 is 1.69 bits per heavy atom. The molecule has 0 aliphatic rings. The molecule has 0 aromatic heterocycles. The minimum absolute atomic E-state index is 1.29. The Morgan fingerprint density at radius 2 is 1.25 bits per heavy atom. The summed E-state index contributed by atoms with van der Waals surface area (Å²) < 4.78 is 5.82. The Bertz CT molecular complexity index is 135. The fourth-order valence-corrected chi connectivity index (χ4v) is 5.28. The lowest BCUT2D eigenvalue weighted by atomic mass is 10.1. The van der Waals surface area contributed by atoms with Gasteiger partial charge in [0.15, 0.2) is 8.32 Å². The van der Waals surface area contributed by atoms with E-state index in [-0.39, 0.29) is 0 Å². The van der Waals surface area contributed by atoms with Crippen molar-refractivity contribution >= 4 is 8.32 Å². The molecule has 0 atom stereocenters. The highest BCUT2D eigenvalue weighted by molar-refractivity contribution is 6.73. The van der Waals surface area contributed by atoms with Crippen LogP contribution >= 0.6 is 0 Å². The van der Waals surface area contributed by atoms with Crippen molar-refractivity contribution in [2.45, 2.75) is 83.8 Å². The Morgan fingerprint density at radius 1 is 0.750 bits per heavy atom. The van der Waals surface area contributed by atoms with Gasteiger partial charge in [-0.05, 0) is 18.1 Å². The van der Waals surface area contributed by atoms with Crippen LogP contribution in [0, 0.1) is 0 Å². The van der Waals surface area contributed by atoms with Crippen LogP contribution in [0.15, 0.2) is 0 Å². The van der Waals surface area contributed by atoms with Gasteiger partial charge in [-0.25, -0.2) is 0 Å². The SMILES string of the molecule is CCCCCCCCC[Si](CC)(CC)OC. The first-order valence-corrected chi connectivity index (χ1v) is 9.82. The molecule has 0 bridgehead atoms. The van der Waals surface area contributed by atoms with Gasteiger partial charge in [0.1, 0.15) is 0 Å². The van der Waals surface area contributed by atoms with Crippen molar-refractivity contribution in [1.82, 2.24) is 0 Å². The Hall–Kier alpha value is 0.177. The summed E-state index contributed by atoms with van der Waals surface area (Å²) in [6.07, 6.45) is 9.89. The molecule has 98 valence electrons. The van der Waals surface area contributed by atoms with E-state index in [9.17, 15) is 0 Å². The van der Waals surface area contributed by atoms with Gasteiger partial charge in [0.2, 0.25) is 0 Å². The molecule has 0 aliphatic heterocycles. The van der Waals surface area contributed by atoms with E-state index in [4.69, 9.17) is 4.43 Å². The third-order valence-electron chi connectivity index (χ3n) is 3.96. The minimum atomic E-state index is -1.29. The molecule has 0 N–H and O–H groups in total. The average Bonchev–Trinajstić information content (AvgIpc) is 2.34. The van der Waals surface area contributed by atoms with E-state index in [0.717, 1.165) is 0 Å². The van der Waals surface area contributed by atoms with Crippen molar-refractivity contribution in [2.24, 2.45) is 0 Å². The predicted octanol–water partition coefficient (Wildman–Crippen LogP) is 5.37. The van der Waals surface area contributed by atoms with E-state index in [1.165, 1.54) is 63.1 Å². The van der Waals surface area contributed by atoms with E-state index in [1.54, 1.807) is 0 Å². The van der Waals surface area contributed by atoms with E-state index in [1.807, 2.05) is 7.11 Å². The van der Waals surface area contributed by atoms with Crippen LogP contribution in [-0.4, -0.2) is 15.4 Å². The summed E-state index contributed by atoms with van der Waals surface area (Å²) in [5, 5.41) is 0. The Balaban J connectivity index is 3.48. The molecule has 0 aliphatic carbocycles. The normalized spacial score (nSPS) is 12.0. The van der Waals surface area contributed by atoms with Gasteiger partial charge in [0.05, 0.1) is 0 Å². The number of hydrogen-bond donors (Lipinski definition) is 0. The highest BCUT2D eigenvalue weighted by Crippen LogP contribution is 2.24. The van der Waals surface area contributed by atoms with Crippen LogP contribution in [0.2, 0.25) is 18.1 Å². The van der Waals surface area contributed by atoms with Gasteiger partial charge in [0.25, 0.3) is 0 Å². The average molecular weight is 244 g/mol. The minimum Gasteiger partial charge on any atom is -0.420 e. The van der Waals surface area contributed by atoms with Gasteiger partial charge in [-0.1, -0.05) is 65.7 Å². The molecular formula is C14H32OSi. The van der Waals surface area contributed by atoms with E-state index in [2.05, 4.69) is 20.8 Å². The third-order valence-corrected chi connectivity index (χ3v) is 8.67. The molecule has 0 heterocycles. The molecule has 0 unspecified atom stereocenters. The summed E-state index contributed by atoms with van der Waals surface area (Å²) in [7, 11) is 0.638. The monoisotopic (exact) mass is 244 g/mol. The quantitative estimate of drug-likeness (QED) is 0.351. The molecule has 16 heavy (non-hydrogen) atoms. The lowest BCUT2D eigenvalue weighted by molar-refractivity contribution is 0.388. The van der Waals surface area contributed by atoms with Crippen LogP contribution in [0.4, 0.5) is 0 Å². The molecule has 0 rings (SSSR count). The molecule has 0 spiro atoms. The van der Waals surface area contributed by atoms with Gasteiger partial charge in [0, 0.05) is 7.11 Å². The second kappa shape index (κ2) is 10.3. The van der Waals surface area contributed by atoms with Gasteiger partial charge >= 0.3 is 0 Å². The number of hydrogen-bond acceptors (Lipinski definition) is 1. The van der Waals surface area contributed by atoms with Crippen molar-refractivity contribution in [3.8, 4) is 0 Å². The fourth-order valence-electron chi connectivity index (χ4n) is 2.40. The molecule has 0 radical (unpaired) electrons. The van der Waals surface area contributed by atoms with Gasteiger partial charge in [-0.2, -0.15) is 0 Å². The maximum Gasteiger partial charge on any atom is 0.191 e. The van der Waals surface area contributed by atoms with Gasteiger partial charge in [-0.3, -0.25) is 0 Å². The predicted molar refractivity (Wildman–Crippen MR) is 76.5 cm³/mol. The second-order valence-corrected chi connectivity index (χ2v) is 9.65. The molecular weight excluding hydrogens is 212 g/mol. The van der Waals surface area contributed by atoms with E-state index < -0.39 is 8.32 Å². The summed E-state index contributed by atoms with van der Waals surface area (Å²) in [6, 6.07) is 3.95. The highest BCUT2D eigenvalue weighted by atomic mass is 28.4. The van der Waals surface area contributed by atoms with Crippen molar-refractivity contribution in [2.75, 3.05) is 7.11 Å². The smallest absolute Gasteiger partial charge is 0.191 e. The van der Waals surface area contributed by atoms with Crippen molar-refractivity contribution in [1.29, 1.82) is 0 Å². The van der Waals surface area contributed by atoms with Gasteiger partial charge in [-0.15, -0.1) is 0 Å². The van der Waals surface area contributed by atoms with Crippen LogP contribution in [0.3, 0.4) is 0 Å². The van der Waals surface area contributed by atoms with Crippen LogP contribution in [0.5, 0.6) is 0 Å². The molecule has 0 aromatic rings. The molecule has 0 fully saturated rings. The number of rotatable bonds is 11. The largest absolute Gasteiger partial charge is 0.420 e.